The minimum absolute atomic E-state index is 0.840. The molecule has 0 fully saturated rings. The number of benzene rings is 18. The number of rotatable bonds is 9. The van der Waals surface area contributed by atoms with Gasteiger partial charge in [0.2, 0.25) is 0 Å². The maximum atomic E-state index is 4.61. The fraction of sp³-hybridized carbons (Fsp3) is 0. The minimum atomic E-state index is 0.840. The van der Waals surface area contributed by atoms with Crippen LogP contribution in [0.25, 0.3) is 271 Å². The predicted molar refractivity (Wildman–Crippen MR) is 631 cm³/mol. The van der Waals surface area contributed by atoms with Gasteiger partial charge >= 0.3 is 0 Å². The number of nitrogens with zero attached hydrogens (tertiary/aromatic N) is 13. The molecule has 149 heavy (non-hydrogen) atoms. The molecule has 0 atom stereocenters. The molecule has 0 saturated carbocycles. The maximum absolute atomic E-state index is 4.61. The van der Waals surface area contributed by atoms with E-state index >= 15 is 0 Å². The van der Waals surface area contributed by atoms with Crippen LogP contribution in [0.3, 0.4) is 0 Å². The highest BCUT2D eigenvalue weighted by atomic mass is 32.1. The normalized spacial score (nSPS) is 11.8. The molecule has 13 nitrogen and oxygen atoms in total. The zero-order chi connectivity index (χ0) is 98.1. The highest BCUT2D eigenvalue weighted by molar-refractivity contribution is 7.19. The van der Waals surface area contributed by atoms with E-state index in [1.54, 1.807) is 34.0 Å². The monoisotopic (exact) mass is 2000 g/mol. The zero-order valence-electron chi connectivity index (χ0n) is 79.6. The molecule has 0 unspecified atom stereocenters. The molecule has 0 saturated heterocycles. The lowest BCUT2D eigenvalue weighted by molar-refractivity contribution is 0.959. The van der Waals surface area contributed by atoms with Gasteiger partial charge in [0.25, 0.3) is 0 Å². The van der Waals surface area contributed by atoms with E-state index in [1.807, 2.05) is 96.0 Å². The van der Waals surface area contributed by atoms with Gasteiger partial charge in [0.15, 0.2) is 11.6 Å². The number of aromatic nitrogens is 13. The third-order valence-corrected chi connectivity index (χ3v) is 33.7. The van der Waals surface area contributed by atoms with Gasteiger partial charge in [-0.25, -0.2) is 0 Å². The van der Waals surface area contributed by atoms with E-state index in [-0.39, 0.29) is 0 Å². The van der Waals surface area contributed by atoms with Gasteiger partial charge in [-0.2, -0.15) is 15.3 Å². The first-order valence-corrected chi connectivity index (χ1v) is 53.9. The Bertz CT molecular complexity index is 11000. The van der Waals surface area contributed by atoms with E-state index in [2.05, 4.69) is 478 Å². The van der Waals surface area contributed by atoms with Crippen molar-refractivity contribution in [1.29, 1.82) is 0 Å². The summed E-state index contributed by atoms with van der Waals surface area (Å²) in [6.07, 6.45) is 7.57. The van der Waals surface area contributed by atoms with Crippen molar-refractivity contribution in [3.8, 4) is 68.0 Å². The Kier molecular flexibility index (Phi) is 21.2. The van der Waals surface area contributed by atoms with Gasteiger partial charge in [-0.1, -0.05) is 309 Å². The Morgan fingerprint density at radius 2 is 0.497 bits per heavy atom. The smallest absolute Gasteiger partial charge is 0.168 e. The van der Waals surface area contributed by atoms with Gasteiger partial charge in [-0.3, -0.25) is 14.1 Å². The topological polar surface area (TPSA) is 120 Å². The molecular weight excluding hydrogens is 1920 g/mol. The second-order valence-corrected chi connectivity index (χ2v) is 41.8. The predicted octanol–water partition coefficient (Wildman–Crippen LogP) is 36.2. The van der Waals surface area contributed by atoms with Crippen molar-refractivity contribution in [1.82, 2.24) is 63.0 Å². The molecule has 0 aliphatic heterocycles. The van der Waals surface area contributed by atoms with Crippen molar-refractivity contribution < 1.29 is 0 Å². The van der Waals surface area contributed by atoms with Crippen molar-refractivity contribution in [2.24, 2.45) is 0 Å². The van der Waals surface area contributed by atoms with Crippen LogP contribution in [0.4, 0.5) is 0 Å². The van der Waals surface area contributed by atoms with Gasteiger partial charge in [0, 0.05) is 127 Å². The summed E-state index contributed by atoms with van der Waals surface area (Å²) in [7, 11) is 0. The molecule has 0 spiro atoms. The summed E-state index contributed by atoms with van der Waals surface area (Å²) in [5.74, 6) is 1.72. The van der Waals surface area contributed by atoms with Gasteiger partial charge in [0.1, 0.15) is 0 Å². The van der Waals surface area contributed by atoms with Crippen molar-refractivity contribution >= 4 is 259 Å². The third-order valence-electron chi connectivity index (χ3n) is 29.0. The summed E-state index contributed by atoms with van der Waals surface area (Å²) in [6.45, 7) is 0. The van der Waals surface area contributed by atoms with Crippen LogP contribution in [0, 0.1) is 0 Å². The number of para-hydroxylation sites is 7. The summed E-state index contributed by atoms with van der Waals surface area (Å²) in [5.41, 5.74) is 25.5. The molecule has 0 amide bonds. The number of hydrogen-bond donors (Lipinski definition) is 0. The largest absolute Gasteiger partial charge is 0.309 e. The first kappa shape index (κ1) is 87.1. The van der Waals surface area contributed by atoms with Crippen molar-refractivity contribution in [3.05, 3.63) is 488 Å². The lowest BCUT2D eigenvalue weighted by Gasteiger charge is -2.12. The lowest BCUT2D eigenvalue weighted by atomic mass is 10.0. The molecule has 15 aromatic heterocycles. The molecular formula is C131H81N13S5. The van der Waals surface area contributed by atoms with Gasteiger partial charge < -0.3 is 18.3 Å². The summed E-state index contributed by atoms with van der Waals surface area (Å²) in [6, 6.07) is 155. The number of hydrogen-bond acceptors (Lipinski definition) is 12. The van der Waals surface area contributed by atoms with Crippen molar-refractivity contribution in [3.63, 3.8) is 0 Å². The van der Waals surface area contributed by atoms with Crippen LogP contribution in [0.5, 0.6) is 0 Å². The van der Waals surface area contributed by atoms with E-state index in [0.29, 0.717) is 0 Å². The molecule has 33 rings (SSSR count). The van der Waals surface area contributed by atoms with Gasteiger partial charge in [-0.15, -0.1) is 72.0 Å². The van der Waals surface area contributed by atoms with Gasteiger partial charge in [-0.05, 0) is 192 Å². The van der Waals surface area contributed by atoms with E-state index in [0.717, 1.165) is 72.6 Å². The molecule has 0 N–H and O–H groups in total. The maximum Gasteiger partial charge on any atom is 0.168 e. The Morgan fingerprint density at radius 1 is 0.174 bits per heavy atom. The lowest BCUT2D eigenvalue weighted by Crippen LogP contribution is -2.00. The molecule has 0 radical (unpaired) electrons. The Hall–Kier alpha value is -18.5. The van der Waals surface area contributed by atoms with E-state index < -0.39 is 0 Å². The summed E-state index contributed by atoms with van der Waals surface area (Å²) in [4.78, 5) is 4.47. The van der Waals surface area contributed by atoms with E-state index in [4.69, 9.17) is 0 Å². The average molecular weight is 2000 g/mol. The average Bonchev–Trinajstić information content (AvgIpc) is 1.59. The molecule has 700 valence electrons. The molecule has 18 heteroatoms. The van der Waals surface area contributed by atoms with Crippen LogP contribution in [0.15, 0.2) is 488 Å². The second-order valence-electron chi connectivity index (χ2n) is 37.2. The zero-order valence-corrected chi connectivity index (χ0v) is 83.7. The fourth-order valence-corrected chi connectivity index (χ4v) is 27.0. The van der Waals surface area contributed by atoms with Gasteiger partial charge in [0.05, 0.1) is 119 Å². The SMILES string of the molecule is c1ccc(-c2cc(-n3c4ccccc4c4ccc5ccsc5c43)cnn2)cc1.c1ccc(-c2ccc(-n3c4ccccc4c4ccc5ccsc5c43)nn2)cc1.c1ccc2c(-c3ccc(-n4c5ccccc5c5ccc6ccsc6c54)cc3)cncc2c1.c1ccc2c(-n3c4ccccc4c4ccc5ccsc5c43)nncc2c1.c1ccc2c(c1)c1ccccc1n2-c1ccc(-n2c3ccccc3c3ccc4ccsc4c32)cc1. The number of fused-ring (bicyclic) bond motifs is 30. The van der Waals surface area contributed by atoms with Crippen molar-refractivity contribution in [2.45, 2.75) is 0 Å². The Labute approximate surface area is 871 Å². The standard InChI is InChI=1S/C32H20N2S.C29H18N2S.2C24H15N3S.C22H13N3S/c1-4-10-28-24(7-1)25-8-2-5-11-29(25)33(28)22-14-16-23(17-15-22)34-30-12-6-3-9-26(30)27-18-13-21-19-20-35-32(21)31(27)34;1-2-6-23-21(5-1)17-30-18-26(23)19-9-12-22(13-10-19)31-27-8-4-3-7-24(27)25-14-11-20-15-16-32-29(20)28(25)31;1-2-6-16(7-3-1)21-14-18(15-25-26-21)27-22-9-5-4-8-19(22)20-11-10-17-12-13-28-24(17)23(20)27;1-2-6-16(7-3-1)20-12-13-22(26-25-20)27-21-9-5-4-8-18(21)19-11-10-17-14-15-28-24(17)23(19)27;1-2-6-16-15(5-1)13-23-24-22(16)25-19-8-4-3-7-17(19)18-10-9-14-11-12-26-21(14)20(18)25/h1-20H;1-18H;2*1-15H;1-13H. The molecule has 33 aromatic rings. The fourth-order valence-electron chi connectivity index (χ4n) is 22.3. The van der Waals surface area contributed by atoms with Crippen LogP contribution in [0.2, 0.25) is 0 Å². The Balaban J connectivity index is 0.0000000880. The minimum Gasteiger partial charge on any atom is -0.309 e. The highest BCUT2D eigenvalue weighted by Crippen LogP contribution is 2.47. The number of pyridine rings is 1. The van der Waals surface area contributed by atoms with Crippen LogP contribution >= 0.6 is 56.7 Å². The molecule has 0 bridgehead atoms. The third kappa shape index (κ3) is 14.6. The first-order valence-electron chi connectivity index (χ1n) is 49.5. The molecule has 0 aliphatic rings. The van der Waals surface area contributed by atoms with Crippen molar-refractivity contribution in [2.75, 3.05) is 0 Å². The summed E-state index contributed by atoms with van der Waals surface area (Å²) in [5, 5.41) is 63.8. The molecule has 18 aromatic carbocycles. The summed E-state index contributed by atoms with van der Waals surface area (Å²) >= 11 is 8.97. The quantitative estimate of drug-likeness (QED) is 0.141. The second kappa shape index (κ2) is 36.3. The molecule has 0 aliphatic carbocycles. The summed E-state index contributed by atoms with van der Waals surface area (Å²) < 4.78 is 20.6. The van der Waals surface area contributed by atoms with E-state index in [9.17, 15) is 0 Å². The highest BCUT2D eigenvalue weighted by Gasteiger charge is 2.25. The van der Waals surface area contributed by atoms with Crippen LogP contribution in [-0.2, 0) is 0 Å². The first-order chi connectivity index (χ1) is 74.0. The Morgan fingerprint density at radius 3 is 0.919 bits per heavy atom. The van der Waals surface area contributed by atoms with Crippen LogP contribution in [0.1, 0.15) is 0 Å². The number of thiophene rings is 5. The molecule has 15 heterocycles. The van der Waals surface area contributed by atoms with E-state index in [1.165, 1.54) is 198 Å². The van der Waals surface area contributed by atoms with Crippen LogP contribution < -0.4 is 0 Å². The van der Waals surface area contributed by atoms with Crippen LogP contribution in [-0.4, -0.2) is 63.0 Å².